The number of halogens is 1. The maximum atomic E-state index is 12.7. The third-order valence-corrected chi connectivity index (χ3v) is 4.06. The fourth-order valence-corrected chi connectivity index (χ4v) is 2.40. The molecule has 1 aromatic heterocycles. The highest BCUT2D eigenvalue weighted by molar-refractivity contribution is 9.10. The average molecular weight is 347 g/mol. The van der Waals surface area contributed by atoms with Crippen LogP contribution in [0.5, 0.6) is 0 Å². The van der Waals surface area contributed by atoms with E-state index in [0.717, 1.165) is 10.0 Å². The van der Waals surface area contributed by atoms with Crippen LogP contribution in [0.4, 0.5) is 0 Å². The maximum absolute atomic E-state index is 12.7. The minimum Gasteiger partial charge on any atom is -0.467 e. The van der Waals surface area contributed by atoms with Gasteiger partial charge in [0.15, 0.2) is 0 Å². The summed E-state index contributed by atoms with van der Waals surface area (Å²) in [5.74, 6) is 0.606. The molecule has 1 heterocycles. The van der Waals surface area contributed by atoms with Gasteiger partial charge in [-0.25, -0.2) is 0 Å². The lowest BCUT2D eigenvalue weighted by Gasteiger charge is -2.21. The van der Waals surface area contributed by atoms with Gasteiger partial charge in [0.25, 0.3) is 5.91 Å². The Hall–Kier alpha value is -2.06. The van der Waals surface area contributed by atoms with Crippen molar-refractivity contribution in [2.75, 3.05) is 6.54 Å². The molecule has 0 bridgehead atoms. The van der Waals surface area contributed by atoms with Crippen molar-refractivity contribution in [1.82, 2.24) is 4.90 Å². The number of amides is 1. The number of hydrogen-bond acceptors (Lipinski definition) is 3. The monoisotopic (exact) mass is 346 g/mol. The smallest absolute Gasteiger partial charge is 0.254 e. The number of rotatable bonds is 5. The van der Waals surface area contributed by atoms with Crippen molar-refractivity contribution < 1.29 is 9.21 Å². The van der Waals surface area contributed by atoms with Gasteiger partial charge in [-0.1, -0.05) is 22.0 Å². The standard InChI is InChI=1S/C16H15BrN2O2/c1-12-14(6-2-7-15(12)17)16(20)19(9-4-8-18)11-13-5-3-10-21-13/h2-3,5-7,10H,4,9,11H2,1H3. The molecule has 0 aliphatic rings. The number of hydrogen-bond donors (Lipinski definition) is 0. The Morgan fingerprint density at radius 1 is 1.38 bits per heavy atom. The van der Waals surface area contributed by atoms with Crippen LogP contribution in [0.1, 0.15) is 28.1 Å². The first kappa shape index (κ1) is 15.3. The molecule has 0 saturated heterocycles. The van der Waals surface area contributed by atoms with Crippen molar-refractivity contribution in [3.8, 4) is 6.07 Å². The predicted octanol–water partition coefficient (Wildman–Crippen LogP) is 3.91. The summed E-state index contributed by atoms with van der Waals surface area (Å²) >= 11 is 3.44. The normalized spacial score (nSPS) is 10.1. The van der Waals surface area contributed by atoms with E-state index in [4.69, 9.17) is 9.68 Å². The predicted molar refractivity (Wildman–Crippen MR) is 82.6 cm³/mol. The highest BCUT2D eigenvalue weighted by Crippen LogP contribution is 2.21. The topological polar surface area (TPSA) is 57.2 Å². The molecule has 5 heteroatoms. The number of carbonyl (C=O) groups excluding carboxylic acids is 1. The Kier molecular flexibility index (Phi) is 5.18. The van der Waals surface area contributed by atoms with Crippen LogP contribution in [0.2, 0.25) is 0 Å². The fourth-order valence-electron chi connectivity index (χ4n) is 2.04. The zero-order chi connectivity index (χ0) is 15.2. The van der Waals surface area contributed by atoms with E-state index in [2.05, 4.69) is 22.0 Å². The third kappa shape index (κ3) is 3.73. The molecule has 0 unspecified atom stereocenters. The van der Waals surface area contributed by atoms with E-state index < -0.39 is 0 Å². The van der Waals surface area contributed by atoms with Gasteiger partial charge in [-0.3, -0.25) is 4.79 Å². The van der Waals surface area contributed by atoms with Gasteiger partial charge in [-0.2, -0.15) is 5.26 Å². The van der Waals surface area contributed by atoms with Crippen LogP contribution in [0.15, 0.2) is 45.5 Å². The molecule has 21 heavy (non-hydrogen) atoms. The Morgan fingerprint density at radius 3 is 2.86 bits per heavy atom. The Bertz CT molecular complexity index is 659. The highest BCUT2D eigenvalue weighted by Gasteiger charge is 2.19. The average Bonchev–Trinajstić information content (AvgIpc) is 2.98. The van der Waals surface area contributed by atoms with E-state index in [0.29, 0.717) is 30.8 Å². The first-order valence-electron chi connectivity index (χ1n) is 6.57. The molecule has 0 aliphatic heterocycles. The van der Waals surface area contributed by atoms with E-state index in [1.54, 1.807) is 23.3 Å². The number of benzene rings is 1. The molecule has 0 aliphatic carbocycles. The first-order chi connectivity index (χ1) is 10.1. The van der Waals surface area contributed by atoms with Gasteiger partial charge in [0.1, 0.15) is 5.76 Å². The molecule has 0 atom stereocenters. The van der Waals surface area contributed by atoms with Crippen LogP contribution in [0.3, 0.4) is 0 Å². The maximum Gasteiger partial charge on any atom is 0.254 e. The molecule has 0 radical (unpaired) electrons. The summed E-state index contributed by atoms with van der Waals surface area (Å²) in [4.78, 5) is 14.3. The molecular weight excluding hydrogens is 332 g/mol. The minimum atomic E-state index is -0.0968. The second-order valence-corrected chi connectivity index (χ2v) is 5.48. The Labute approximate surface area is 132 Å². The summed E-state index contributed by atoms with van der Waals surface area (Å²) in [5.41, 5.74) is 1.53. The number of furan rings is 1. The lowest BCUT2D eigenvalue weighted by Crippen LogP contribution is -2.31. The van der Waals surface area contributed by atoms with Gasteiger partial charge in [0, 0.05) is 16.6 Å². The van der Waals surface area contributed by atoms with Crippen molar-refractivity contribution in [1.29, 1.82) is 5.26 Å². The van der Waals surface area contributed by atoms with Gasteiger partial charge < -0.3 is 9.32 Å². The van der Waals surface area contributed by atoms with Crippen molar-refractivity contribution >= 4 is 21.8 Å². The molecule has 0 N–H and O–H groups in total. The van der Waals surface area contributed by atoms with Crippen LogP contribution in [0.25, 0.3) is 0 Å². The molecule has 2 rings (SSSR count). The molecule has 0 fully saturated rings. The Balaban J connectivity index is 2.25. The SMILES string of the molecule is Cc1c(Br)cccc1C(=O)N(CCC#N)Cc1ccco1. The van der Waals surface area contributed by atoms with E-state index >= 15 is 0 Å². The molecular formula is C16H15BrN2O2. The van der Waals surface area contributed by atoms with E-state index in [1.807, 2.05) is 25.1 Å². The zero-order valence-electron chi connectivity index (χ0n) is 11.7. The largest absolute Gasteiger partial charge is 0.467 e. The van der Waals surface area contributed by atoms with Gasteiger partial charge >= 0.3 is 0 Å². The lowest BCUT2D eigenvalue weighted by atomic mass is 10.1. The van der Waals surface area contributed by atoms with Crippen LogP contribution >= 0.6 is 15.9 Å². The fraction of sp³-hybridized carbons (Fsp3) is 0.250. The molecule has 2 aromatic rings. The summed E-state index contributed by atoms with van der Waals surface area (Å²) in [6.07, 6.45) is 1.87. The molecule has 0 saturated carbocycles. The van der Waals surface area contributed by atoms with Crippen LogP contribution in [-0.2, 0) is 6.54 Å². The summed E-state index contributed by atoms with van der Waals surface area (Å²) in [7, 11) is 0. The van der Waals surface area contributed by atoms with Crippen molar-refractivity contribution in [3.05, 3.63) is 58.0 Å². The van der Waals surface area contributed by atoms with Crippen LogP contribution in [0, 0.1) is 18.3 Å². The summed E-state index contributed by atoms with van der Waals surface area (Å²) in [6.45, 7) is 2.63. The number of nitriles is 1. The number of carbonyl (C=O) groups is 1. The van der Waals surface area contributed by atoms with E-state index in [1.165, 1.54) is 0 Å². The van der Waals surface area contributed by atoms with Crippen LogP contribution < -0.4 is 0 Å². The summed E-state index contributed by atoms with van der Waals surface area (Å²) < 4.78 is 6.19. The Morgan fingerprint density at radius 2 is 2.19 bits per heavy atom. The quantitative estimate of drug-likeness (QED) is 0.824. The number of nitrogens with zero attached hydrogens (tertiary/aromatic N) is 2. The molecule has 1 aromatic carbocycles. The lowest BCUT2D eigenvalue weighted by molar-refractivity contribution is 0.0734. The molecule has 4 nitrogen and oxygen atoms in total. The van der Waals surface area contributed by atoms with Crippen molar-refractivity contribution in [2.45, 2.75) is 19.9 Å². The van der Waals surface area contributed by atoms with E-state index in [-0.39, 0.29) is 5.91 Å². The first-order valence-corrected chi connectivity index (χ1v) is 7.36. The molecule has 1 amide bonds. The van der Waals surface area contributed by atoms with E-state index in [9.17, 15) is 4.79 Å². The third-order valence-electron chi connectivity index (χ3n) is 3.21. The van der Waals surface area contributed by atoms with Crippen molar-refractivity contribution in [2.24, 2.45) is 0 Å². The van der Waals surface area contributed by atoms with Gasteiger partial charge in [-0.05, 0) is 36.8 Å². The molecule has 108 valence electrons. The zero-order valence-corrected chi connectivity index (χ0v) is 13.3. The van der Waals surface area contributed by atoms with Gasteiger partial charge in [-0.15, -0.1) is 0 Å². The second kappa shape index (κ2) is 7.09. The van der Waals surface area contributed by atoms with Gasteiger partial charge in [0.05, 0.1) is 25.3 Å². The highest BCUT2D eigenvalue weighted by atomic mass is 79.9. The van der Waals surface area contributed by atoms with Gasteiger partial charge in [0.2, 0.25) is 0 Å². The summed E-state index contributed by atoms with van der Waals surface area (Å²) in [5, 5.41) is 8.77. The van der Waals surface area contributed by atoms with Crippen molar-refractivity contribution in [3.63, 3.8) is 0 Å². The second-order valence-electron chi connectivity index (χ2n) is 4.63. The minimum absolute atomic E-state index is 0.0968. The summed E-state index contributed by atoms with van der Waals surface area (Å²) in [6, 6.07) is 11.2. The van der Waals surface area contributed by atoms with Crippen LogP contribution in [-0.4, -0.2) is 17.4 Å². The molecule has 0 spiro atoms.